The first kappa shape index (κ1) is 8.92. The zero-order valence-corrected chi connectivity index (χ0v) is 8.88. The van der Waals surface area contributed by atoms with Crippen molar-refractivity contribution in [3.63, 3.8) is 0 Å². The Kier molecular flexibility index (Phi) is 1.99. The number of H-pyrrole nitrogens is 1. The number of aromatic amines is 1. The number of rotatable bonds is 2. The van der Waals surface area contributed by atoms with E-state index in [1.54, 1.807) is 0 Å². The fourth-order valence-corrected chi connectivity index (χ4v) is 2.09. The van der Waals surface area contributed by atoms with E-state index in [1.165, 1.54) is 5.56 Å². The van der Waals surface area contributed by atoms with E-state index in [0.717, 1.165) is 42.3 Å². The zero-order chi connectivity index (χ0) is 10.3. The molecule has 3 rings (SSSR count). The van der Waals surface area contributed by atoms with Crippen molar-refractivity contribution in [1.29, 1.82) is 0 Å². The van der Waals surface area contributed by atoms with E-state index in [0.29, 0.717) is 0 Å². The van der Waals surface area contributed by atoms with Crippen LogP contribution in [0.5, 0.6) is 0 Å². The molecule has 0 spiro atoms. The molecule has 1 fully saturated rings. The highest BCUT2D eigenvalue weighted by Crippen LogP contribution is 2.18. The van der Waals surface area contributed by atoms with Crippen LogP contribution in [-0.4, -0.2) is 23.1 Å². The molecule has 2 N–H and O–H groups in total. The van der Waals surface area contributed by atoms with Gasteiger partial charge in [0.15, 0.2) is 0 Å². The van der Waals surface area contributed by atoms with Crippen LogP contribution in [0.25, 0.3) is 11.0 Å². The number of nitrogens with one attached hydrogen (secondary N) is 2. The van der Waals surface area contributed by atoms with Crippen LogP contribution in [-0.2, 0) is 6.42 Å². The molecule has 1 aromatic heterocycles. The van der Waals surface area contributed by atoms with Crippen LogP contribution in [0.15, 0.2) is 18.2 Å². The minimum absolute atomic E-state index is 0.769. The first-order valence-corrected chi connectivity index (χ1v) is 5.48. The lowest BCUT2D eigenvalue weighted by Gasteiger charge is -2.25. The summed E-state index contributed by atoms with van der Waals surface area (Å²) in [5, 5.41) is 3.28. The Balaban J connectivity index is 1.95. The first-order chi connectivity index (χ1) is 7.33. The third-order valence-electron chi connectivity index (χ3n) is 3.11. The van der Waals surface area contributed by atoms with Crippen LogP contribution < -0.4 is 5.32 Å². The number of aromatic nitrogens is 2. The van der Waals surface area contributed by atoms with Gasteiger partial charge in [-0.3, -0.25) is 0 Å². The van der Waals surface area contributed by atoms with Gasteiger partial charge in [0.2, 0.25) is 0 Å². The Morgan fingerprint density at radius 3 is 2.93 bits per heavy atom. The molecule has 2 aromatic rings. The van der Waals surface area contributed by atoms with Gasteiger partial charge < -0.3 is 10.3 Å². The molecule has 0 saturated carbocycles. The minimum atomic E-state index is 0.769. The van der Waals surface area contributed by atoms with Gasteiger partial charge in [0.25, 0.3) is 0 Å². The maximum atomic E-state index is 4.65. The Bertz CT molecular complexity index is 483. The van der Waals surface area contributed by atoms with Crippen LogP contribution in [0.1, 0.15) is 11.4 Å². The van der Waals surface area contributed by atoms with E-state index in [-0.39, 0.29) is 0 Å². The fraction of sp³-hybridized carbons (Fsp3) is 0.417. The predicted molar refractivity (Wildman–Crippen MR) is 60.9 cm³/mol. The number of benzene rings is 1. The number of aryl methyl sites for hydroxylation is 1. The summed E-state index contributed by atoms with van der Waals surface area (Å²) in [6.45, 7) is 4.38. The molecule has 1 aliphatic rings. The van der Waals surface area contributed by atoms with Gasteiger partial charge in [-0.2, -0.15) is 0 Å². The van der Waals surface area contributed by atoms with Crippen molar-refractivity contribution in [3.05, 3.63) is 29.6 Å². The Morgan fingerprint density at radius 2 is 2.27 bits per heavy atom. The Hall–Kier alpha value is -1.35. The van der Waals surface area contributed by atoms with Gasteiger partial charge in [0.05, 0.1) is 11.0 Å². The molecular weight excluding hydrogens is 186 g/mol. The van der Waals surface area contributed by atoms with Crippen molar-refractivity contribution in [2.24, 2.45) is 5.92 Å². The number of imidazole rings is 1. The van der Waals surface area contributed by atoms with Crippen molar-refractivity contribution in [2.75, 3.05) is 13.1 Å². The quantitative estimate of drug-likeness (QED) is 0.775. The van der Waals surface area contributed by atoms with E-state index in [2.05, 4.69) is 40.4 Å². The van der Waals surface area contributed by atoms with Crippen molar-refractivity contribution < 1.29 is 0 Å². The summed E-state index contributed by atoms with van der Waals surface area (Å²) >= 11 is 0. The summed E-state index contributed by atoms with van der Waals surface area (Å²) in [5.74, 6) is 1.90. The van der Waals surface area contributed by atoms with Gasteiger partial charge in [0, 0.05) is 6.42 Å². The van der Waals surface area contributed by atoms with E-state index in [4.69, 9.17) is 0 Å². The molecule has 15 heavy (non-hydrogen) atoms. The second-order valence-corrected chi connectivity index (χ2v) is 4.38. The number of fused-ring (bicyclic) bond motifs is 1. The fourth-order valence-electron chi connectivity index (χ4n) is 2.09. The molecule has 1 aliphatic heterocycles. The van der Waals surface area contributed by atoms with Crippen LogP contribution >= 0.6 is 0 Å². The summed E-state index contributed by atoms with van der Waals surface area (Å²) in [5.41, 5.74) is 3.54. The maximum absolute atomic E-state index is 4.65. The highest BCUT2D eigenvalue weighted by molar-refractivity contribution is 5.78. The summed E-state index contributed by atoms with van der Waals surface area (Å²) < 4.78 is 0. The van der Waals surface area contributed by atoms with Crippen LogP contribution in [0.4, 0.5) is 0 Å². The minimum Gasteiger partial charge on any atom is -0.342 e. The molecule has 3 nitrogen and oxygen atoms in total. The molecule has 0 bridgehead atoms. The van der Waals surface area contributed by atoms with Gasteiger partial charge in [-0.05, 0) is 37.6 Å². The van der Waals surface area contributed by atoms with Crippen LogP contribution in [0, 0.1) is 12.8 Å². The lowest BCUT2D eigenvalue weighted by molar-refractivity contribution is 0.342. The van der Waals surface area contributed by atoms with Crippen LogP contribution in [0.2, 0.25) is 0 Å². The molecule has 0 unspecified atom stereocenters. The number of para-hydroxylation sites is 1. The van der Waals surface area contributed by atoms with Gasteiger partial charge >= 0.3 is 0 Å². The van der Waals surface area contributed by atoms with E-state index in [9.17, 15) is 0 Å². The second-order valence-electron chi connectivity index (χ2n) is 4.38. The van der Waals surface area contributed by atoms with E-state index < -0.39 is 0 Å². The second kappa shape index (κ2) is 3.35. The molecule has 0 aliphatic carbocycles. The number of hydrogen-bond donors (Lipinski definition) is 2. The number of nitrogens with zero attached hydrogens (tertiary/aromatic N) is 1. The van der Waals surface area contributed by atoms with Crippen LogP contribution in [0.3, 0.4) is 0 Å². The standard InChI is InChI=1S/C12H15N3/c1-8-3-2-4-10-12(8)15-11(14-10)5-9-6-13-7-9/h2-4,9,13H,5-7H2,1H3,(H,14,15). The van der Waals surface area contributed by atoms with Crippen molar-refractivity contribution in [2.45, 2.75) is 13.3 Å². The molecule has 0 radical (unpaired) electrons. The average Bonchev–Trinajstić information content (AvgIpc) is 2.56. The highest BCUT2D eigenvalue weighted by atomic mass is 15.0. The molecular formula is C12H15N3. The van der Waals surface area contributed by atoms with Crippen molar-refractivity contribution in [1.82, 2.24) is 15.3 Å². The molecule has 2 heterocycles. The van der Waals surface area contributed by atoms with Gasteiger partial charge in [-0.25, -0.2) is 4.98 Å². The summed E-state index contributed by atoms with van der Waals surface area (Å²) in [6, 6.07) is 6.28. The molecule has 0 atom stereocenters. The first-order valence-electron chi connectivity index (χ1n) is 5.48. The molecule has 78 valence electrons. The third-order valence-corrected chi connectivity index (χ3v) is 3.11. The third kappa shape index (κ3) is 1.53. The van der Waals surface area contributed by atoms with Gasteiger partial charge in [-0.1, -0.05) is 12.1 Å². The average molecular weight is 201 g/mol. The Labute approximate surface area is 88.9 Å². The van der Waals surface area contributed by atoms with Crippen molar-refractivity contribution >= 4 is 11.0 Å². The molecule has 3 heteroatoms. The predicted octanol–water partition coefficient (Wildman–Crippen LogP) is 1.63. The maximum Gasteiger partial charge on any atom is 0.107 e. The SMILES string of the molecule is Cc1cccc2[nH]c(CC3CNC3)nc12. The lowest BCUT2D eigenvalue weighted by atomic mass is 9.99. The smallest absolute Gasteiger partial charge is 0.107 e. The van der Waals surface area contributed by atoms with E-state index in [1.807, 2.05) is 0 Å². The summed E-state index contributed by atoms with van der Waals surface area (Å²) in [7, 11) is 0. The lowest BCUT2D eigenvalue weighted by Crippen LogP contribution is -2.43. The topological polar surface area (TPSA) is 40.7 Å². The zero-order valence-electron chi connectivity index (χ0n) is 8.88. The monoisotopic (exact) mass is 201 g/mol. The van der Waals surface area contributed by atoms with E-state index >= 15 is 0 Å². The van der Waals surface area contributed by atoms with Gasteiger partial charge in [0.1, 0.15) is 5.82 Å². The molecule has 1 aromatic carbocycles. The molecule has 0 amide bonds. The number of hydrogen-bond acceptors (Lipinski definition) is 2. The van der Waals surface area contributed by atoms with Crippen molar-refractivity contribution in [3.8, 4) is 0 Å². The van der Waals surface area contributed by atoms with Gasteiger partial charge in [-0.15, -0.1) is 0 Å². The molecule has 1 saturated heterocycles. The normalized spacial score (nSPS) is 16.9. The summed E-state index contributed by atoms with van der Waals surface area (Å²) in [6.07, 6.45) is 1.07. The highest BCUT2D eigenvalue weighted by Gasteiger charge is 2.18. The largest absolute Gasteiger partial charge is 0.342 e. The summed E-state index contributed by atoms with van der Waals surface area (Å²) in [4.78, 5) is 8.05. The Morgan fingerprint density at radius 1 is 1.40 bits per heavy atom.